The third kappa shape index (κ3) is 8.79. The first-order chi connectivity index (χ1) is 10.2. The van der Waals surface area contributed by atoms with Crippen LogP contribution in [-0.2, 0) is 0 Å². The van der Waals surface area contributed by atoms with Crippen molar-refractivity contribution in [3.05, 3.63) is 22.5 Å². The first-order valence-corrected chi connectivity index (χ1v) is 8.92. The van der Waals surface area contributed by atoms with Gasteiger partial charge in [-0.25, -0.2) is 4.79 Å². The molecule has 1 N–H and O–H groups in total. The van der Waals surface area contributed by atoms with E-state index in [1.165, 1.54) is 70.6 Å². The third-order valence-corrected chi connectivity index (χ3v) is 4.27. The van der Waals surface area contributed by atoms with Gasteiger partial charge in [-0.15, -0.1) is 0 Å². The van der Waals surface area contributed by atoms with Crippen LogP contribution in [0, 0.1) is 0 Å². The van der Waals surface area contributed by atoms with Crippen molar-refractivity contribution in [2.24, 2.45) is 0 Å². The van der Waals surface area contributed by atoms with Crippen molar-refractivity contribution in [1.82, 2.24) is 4.98 Å². The molecular formula is C18H33NO2. The van der Waals surface area contributed by atoms with Gasteiger partial charge in [-0.2, -0.15) is 0 Å². The van der Waals surface area contributed by atoms with Crippen LogP contribution in [0.25, 0.3) is 0 Å². The molecule has 3 nitrogen and oxygen atoms in total. The molecule has 1 rings (SSSR count). The topological polar surface area (TPSA) is 46.0 Å². The summed E-state index contributed by atoms with van der Waals surface area (Å²) in [5.41, 5.74) is 0. The Balaban J connectivity index is 1.87. The van der Waals surface area contributed by atoms with Gasteiger partial charge >= 0.3 is 5.76 Å². The molecule has 0 aliphatic rings. The number of aromatic amines is 1. The van der Waals surface area contributed by atoms with Crippen LogP contribution in [0.2, 0.25) is 0 Å². The van der Waals surface area contributed by atoms with Crippen LogP contribution in [0.1, 0.15) is 103 Å². The van der Waals surface area contributed by atoms with Crippen molar-refractivity contribution in [3.8, 4) is 0 Å². The Labute approximate surface area is 129 Å². The van der Waals surface area contributed by atoms with Gasteiger partial charge in [0, 0.05) is 12.1 Å². The van der Waals surface area contributed by atoms with Crippen LogP contribution in [0.4, 0.5) is 0 Å². The Hall–Kier alpha value is -0.990. The molecule has 1 unspecified atom stereocenters. The number of unbranched alkanes of at least 4 members (excludes halogenated alkanes) is 10. The lowest BCUT2D eigenvalue weighted by atomic mass is 10.00. The van der Waals surface area contributed by atoms with Crippen molar-refractivity contribution in [2.75, 3.05) is 0 Å². The number of oxazole rings is 1. The molecule has 0 amide bonds. The van der Waals surface area contributed by atoms with Crippen molar-refractivity contribution in [2.45, 2.75) is 96.8 Å². The van der Waals surface area contributed by atoms with E-state index >= 15 is 0 Å². The standard InChI is InChI=1S/C18H33NO2/c1-3-4-5-6-7-8-9-10-11-12-13-14-16(2)17-15-19-18(20)21-17/h15-16H,3-14H2,1-2H3,(H,19,20). The highest BCUT2D eigenvalue weighted by atomic mass is 16.4. The van der Waals surface area contributed by atoms with Crippen molar-refractivity contribution < 1.29 is 4.42 Å². The van der Waals surface area contributed by atoms with Crippen molar-refractivity contribution in [1.29, 1.82) is 0 Å². The largest absolute Gasteiger partial charge is 0.416 e. The van der Waals surface area contributed by atoms with Gasteiger partial charge in [0.05, 0.1) is 0 Å². The zero-order valence-corrected chi connectivity index (χ0v) is 14.0. The normalized spacial score (nSPS) is 12.7. The maximum absolute atomic E-state index is 10.9. The van der Waals surface area contributed by atoms with Crippen LogP contribution in [0.5, 0.6) is 0 Å². The molecule has 0 aliphatic heterocycles. The molecular weight excluding hydrogens is 262 g/mol. The predicted octanol–water partition coefficient (Wildman–Crippen LogP) is 5.77. The van der Waals surface area contributed by atoms with E-state index in [-0.39, 0.29) is 5.76 Å². The zero-order chi connectivity index (χ0) is 15.3. The minimum absolute atomic E-state index is 0.337. The molecule has 122 valence electrons. The average Bonchev–Trinajstić information content (AvgIpc) is 2.91. The molecule has 1 aromatic rings. The molecule has 0 aliphatic carbocycles. The van der Waals surface area contributed by atoms with E-state index in [9.17, 15) is 4.79 Å². The second kappa shape index (κ2) is 11.6. The zero-order valence-electron chi connectivity index (χ0n) is 14.0. The summed E-state index contributed by atoms with van der Waals surface area (Å²) in [5, 5.41) is 0. The van der Waals surface area contributed by atoms with E-state index in [0.29, 0.717) is 5.92 Å². The van der Waals surface area contributed by atoms with Gasteiger partial charge in [-0.1, -0.05) is 84.5 Å². The Morgan fingerprint density at radius 1 is 0.952 bits per heavy atom. The Morgan fingerprint density at radius 2 is 1.48 bits per heavy atom. The third-order valence-electron chi connectivity index (χ3n) is 4.27. The number of H-pyrrole nitrogens is 1. The van der Waals surface area contributed by atoms with E-state index in [1.807, 2.05) is 0 Å². The molecule has 0 bridgehead atoms. The fourth-order valence-corrected chi connectivity index (χ4v) is 2.80. The predicted molar refractivity (Wildman–Crippen MR) is 88.8 cm³/mol. The van der Waals surface area contributed by atoms with Gasteiger partial charge in [-0.05, 0) is 6.42 Å². The Bertz CT molecular complexity index is 394. The lowest BCUT2D eigenvalue weighted by molar-refractivity contribution is 0.423. The first kappa shape index (κ1) is 18.1. The van der Waals surface area contributed by atoms with Gasteiger partial charge in [0.15, 0.2) is 0 Å². The summed E-state index contributed by atoms with van der Waals surface area (Å²) >= 11 is 0. The molecule has 1 heterocycles. The van der Waals surface area contributed by atoms with Crippen LogP contribution in [0.15, 0.2) is 15.4 Å². The Morgan fingerprint density at radius 3 is 1.95 bits per heavy atom. The summed E-state index contributed by atoms with van der Waals surface area (Å²) < 4.78 is 5.08. The van der Waals surface area contributed by atoms with Gasteiger partial charge in [0.1, 0.15) is 5.76 Å². The average molecular weight is 295 g/mol. The van der Waals surface area contributed by atoms with Gasteiger partial charge in [0.2, 0.25) is 0 Å². The lowest BCUT2D eigenvalue weighted by Gasteiger charge is -2.07. The molecule has 0 aromatic carbocycles. The van der Waals surface area contributed by atoms with E-state index in [1.54, 1.807) is 6.20 Å². The van der Waals surface area contributed by atoms with Gasteiger partial charge < -0.3 is 4.42 Å². The number of hydrogen-bond donors (Lipinski definition) is 1. The maximum atomic E-state index is 10.9. The molecule has 0 saturated heterocycles. The van der Waals surface area contributed by atoms with E-state index < -0.39 is 0 Å². The monoisotopic (exact) mass is 295 g/mol. The molecule has 1 atom stereocenters. The minimum Gasteiger partial charge on any atom is -0.413 e. The van der Waals surface area contributed by atoms with Crippen LogP contribution in [-0.4, -0.2) is 4.98 Å². The first-order valence-electron chi connectivity index (χ1n) is 8.92. The molecule has 0 radical (unpaired) electrons. The number of rotatable bonds is 13. The molecule has 0 saturated carbocycles. The number of hydrogen-bond acceptors (Lipinski definition) is 2. The molecule has 21 heavy (non-hydrogen) atoms. The fourth-order valence-electron chi connectivity index (χ4n) is 2.80. The Kier molecular flexibility index (Phi) is 10.0. The summed E-state index contributed by atoms with van der Waals surface area (Å²) in [6.07, 6.45) is 17.9. The maximum Gasteiger partial charge on any atom is 0.416 e. The highest BCUT2D eigenvalue weighted by Gasteiger charge is 2.09. The van der Waals surface area contributed by atoms with E-state index in [2.05, 4.69) is 18.8 Å². The summed E-state index contributed by atoms with van der Waals surface area (Å²) in [4.78, 5) is 13.5. The second-order valence-corrected chi connectivity index (χ2v) is 6.31. The highest BCUT2D eigenvalue weighted by molar-refractivity contribution is 4.96. The second-order valence-electron chi connectivity index (χ2n) is 6.31. The molecule has 0 fully saturated rings. The smallest absolute Gasteiger partial charge is 0.413 e. The SMILES string of the molecule is CCCCCCCCCCCCCC(C)c1c[nH]c(=O)o1. The molecule has 3 heteroatoms. The van der Waals surface area contributed by atoms with E-state index in [4.69, 9.17) is 4.42 Å². The van der Waals surface area contributed by atoms with Crippen LogP contribution >= 0.6 is 0 Å². The van der Waals surface area contributed by atoms with Gasteiger partial charge in [0.25, 0.3) is 0 Å². The molecule has 1 aromatic heterocycles. The quantitative estimate of drug-likeness (QED) is 0.469. The van der Waals surface area contributed by atoms with Crippen molar-refractivity contribution in [3.63, 3.8) is 0 Å². The van der Waals surface area contributed by atoms with E-state index in [0.717, 1.165) is 12.2 Å². The summed E-state index contributed by atoms with van der Waals surface area (Å²) in [5.74, 6) is 0.811. The fraction of sp³-hybridized carbons (Fsp3) is 0.833. The summed E-state index contributed by atoms with van der Waals surface area (Å²) in [6, 6.07) is 0. The summed E-state index contributed by atoms with van der Waals surface area (Å²) in [6.45, 7) is 4.40. The number of nitrogens with one attached hydrogen (secondary N) is 1. The number of aromatic nitrogens is 1. The van der Waals surface area contributed by atoms with Gasteiger partial charge in [-0.3, -0.25) is 4.98 Å². The minimum atomic E-state index is -0.337. The molecule has 0 spiro atoms. The van der Waals surface area contributed by atoms with Crippen LogP contribution in [0.3, 0.4) is 0 Å². The summed E-state index contributed by atoms with van der Waals surface area (Å²) in [7, 11) is 0. The lowest BCUT2D eigenvalue weighted by Crippen LogP contribution is -1.95. The van der Waals surface area contributed by atoms with Crippen LogP contribution < -0.4 is 5.76 Å². The van der Waals surface area contributed by atoms with Crippen molar-refractivity contribution >= 4 is 0 Å². The highest BCUT2D eigenvalue weighted by Crippen LogP contribution is 2.21.